The minimum atomic E-state index is -0.263. The molecule has 0 saturated carbocycles. The molecule has 0 aliphatic carbocycles. The lowest BCUT2D eigenvalue weighted by atomic mass is 10.1. The molecule has 31 heavy (non-hydrogen) atoms. The first-order chi connectivity index (χ1) is 15.0. The van der Waals surface area contributed by atoms with E-state index < -0.39 is 0 Å². The first kappa shape index (κ1) is 20.5. The van der Waals surface area contributed by atoms with Crippen LogP contribution in [-0.2, 0) is 0 Å². The van der Waals surface area contributed by atoms with Crippen LogP contribution in [0.2, 0.25) is 0 Å². The van der Waals surface area contributed by atoms with Crippen LogP contribution in [0.5, 0.6) is 11.5 Å². The maximum atomic E-state index is 12.8. The summed E-state index contributed by atoms with van der Waals surface area (Å²) in [5.74, 6) is 1.41. The van der Waals surface area contributed by atoms with Crippen molar-refractivity contribution in [1.82, 2.24) is 4.98 Å². The van der Waals surface area contributed by atoms with Crippen molar-refractivity contribution < 1.29 is 18.7 Å². The molecule has 0 aliphatic rings. The van der Waals surface area contributed by atoms with Crippen molar-refractivity contribution in [2.45, 2.75) is 20.8 Å². The van der Waals surface area contributed by atoms with Crippen molar-refractivity contribution in [2.75, 3.05) is 19.0 Å². The Hall–Kier alpha value is -3.80. The Bertz CT molecular complexity index is 1220. The van der Waals surface area contributed by atoms with Gasteiger partial charge in [-0.25, -0.2) is 4.98 Å². The topological polar surface area (TPSA) is 73.6 Å². The van der Waals surface area contributed by atoms with Crippen LogP contribution in [0.4, 0.5) is 5.69 Å². The molecule has 6 nitrogen and oxygen atoms in total. The van der Waals surface area contributed by atoms with E-state index in [-0.39, 0.29) is 5.91 Å². The molecule has 1 aromatic heterocycles. The van der Waals surface area contributed by atoms with E-state index in [1.807, 2.05) is 45.0 Å². The molecular weight excluding hydrogens is 392 g/mol. The summed E-state index contributed by atoms with van der Waals surface area (Å²) in [5, 5.41) is 2.92. The quantitative estimate of drug-likeness (QED) is 0.432. The molecule has 0 aliphatic heterocycles. The van der Waals surface area contributed by atoms with Crippen molar-refractivity contribution in [1.29, 1.82) is 0 Å². The lowest BCUT2D eigenvalue weighted by Gasteiger charge is -2.12. The number of nitrogens with one attached hydrogen (secondary N) is 1. The van der Waals surface area contributed by atoms with Gasteiger partial charge in [-0.3, -0.25) is 4.79 Å². The number of aromatic nitrogens is 1. The normalized spacial score (nSPS) is 10.8. The second kappa shape index (κ2) is 8.52. The summed E-state index contributed by atoms with van der Waals surface area (Å²) in [6.45, 7) is 6.52. The van der Waals surface area contributed by atoms with E-state index in [1.165, 1.54) is 0 Å². The number of anilines is 1. The molecule has 1 N–H and O–H groups in total. The van der Waals surface area contributed by atoms with Gasteiger partial charge in [-0.15, -0.1) is 0 Å². The van der Waals surface area contributed by atoms with Crippen molar-refractivity contribution in [3.8, 4) is 23.0 Å². The van der Waals surface area contributed by atoms with Crippen molar-refractivity contribution >= 4 is 22.7 Å². The average molecular weight is 416 g/mol. The fourth-order valence-electron chi connectivity index (χ4n) is 3.33. The average Bonchev–Trinajstić information content (AvgIpc) is 3.17. The molecule has 1 heterocycles. The summed E-state index contributed by atoms with van der Waals surface area (Å²) in [5.41, 5.74) is 5.59. The second-order valence-electron chi connectivity index (χ2n) is 7.25. The predicted molar refractivity (Wildman–Crippen MR) is 121 cm³/mol. The van der Waals surface area contributed by atoms with Crippen molar-refractivity contribution in [3.63, 3.8) is 0 Å². The predicted octanol–water partition coefficient (Wildman–Crippen LogP) is 5.77. The van der Waals surface area contributed by atoms with E-state index in [0.29, 0.717) is 35.2 Å². The molecule has 0 atom stereocenters. The van der Waals surface area contributed by atoms with Gasteiger partial charge in [0, 0.05) is 11.1 Å². The minimum absolute atomic E-state index is 0.263. The number of benzene rings is 3. The highest BCUT2D eigenvalue weighted by Gasteiger charge is 2.15. The van der Waals surface area contributed by atoms with Gasteiger partial charge in [0.15, 0.2) is 5.58 Å². The monoisotopic (exact) mass is 416 g/mol. The highest BCUT2D eigenvalue weighted by Crippen LogP contribution is 2.33. The van der Waals surface area contributed by atoms with Gasteiger partial charge < -0.3 is 19.2 Å². The first-order valence-electron chi connectivity index (χ1n) is 10.1. The fraction of sp³-hybridized carbons (Fsp3) is 0.200. The van der Waals surface area contributed by atoms with E-state index in [4.69, 9.17) is 13.9 Å². The lowest BCUT2D eigenvalue weighted by Crippen LogP contribution is -2.13. The van der Waals surface area contributed by atoms with Gasteiger partial charge in [-0.05, 0) is 80.4 Å². The molecular formula is C25H24N2O4. The molecule has 0 bridgehead atoms. The highest BCUT2D eigenvalue weighted by molar-refractivity contribution is 6.05. The summed E-state index contributed by atoms with van der Waals surface area (Å²) in [6.07, 6.45) is 0. The maximum Gasteiger partial charge on any atom is 0.255 e. The van der Waals surface area contributed by atoms with Crippen LogP contribution in [0.1, 0.15) is 28.4 Å². The molecule has 4 aromatic rings. The Morgan fingerprint density at radius 2 is 1.87 bits per heavy atom. The molecule has 0 radical (unpaired) electrons. The summed E-state index contributed by atoms with van der Waals surface area (Å²) in [6, 6.07) is 16.5. The van der Waals surface area contributed by atoms with Gasteiger partial charge >= 0.3 is 0 Å². The number of fused-ring (bicyclic) bond motifs is 1. The van der Waals surface area contributed by atoms with Crippen LogP contribution in [0.15, 0.2) is 59.0 Å². The number of rotatable bonds is 6. The molecule has 1 amide bonds. The van der Waals surface area contributed by atoms with Crippen LogP contribution in [0, 0.1) is 13.8 Å². The third-order valence-electron chi connectivity index (χ3n) is 5.11. The molecule has 4 rings (SSSR count). The Labute approximate surface area is 180 Å². The summed E-state index contributed by atoms with van der Waals surface area (Å²) >= 11 is 0. The molecule has 0 fully saturated rings. The van der Waals surface area contributed by atoms with Gasteiger partial charge in [-0.2, -0.15) is 0 Å². The number of aryl methyl sites for hydroxylation is 2. The largest absolute Gasteiger partial charge is 0.495 e. The Morgan fingerprint density at radius 1 is 1.06 bits per heavy atom. The van der Waals surface area contributed by atoms with E-state index in [2.05, 4.69) is 10.3 Å². The van der Waals surface area contributed by atoms with E-state index >= 15 is 0 Å². The minimum Gasteiger partial charge on any atom is -0.495 e. The Balaban J connectivity index is 1.66. The molecule has 3 aromatic carbocycles. The van der Waals surface area contributed by atoms with Gasteiger partial charge in [-0.1, -0.05) is 6.07 Å². The number of methoxy groups -OCH3 is 1. The third-order valence-corrected chi connectivity index (χ3v) is 5.11. The number of hydrogen-bond donors (Lipinski definition) is 1. The van der Waals surface area contributed by atoms with E-state index in [0.717, 1.165) is 27.8 Å². The zero-order valence-corrected chi connectivity index (χ0v) is 18.0. The summed E-state index contributed by atoms with van der Waals surface area (Å²) in [7, 11) is 1.56. The standard InChI is InChI=1S/C25H24N2O4/c1-5-30-19-8-6-7-17(13-19)24(28)26-21-14-18(9-10-22(21)29-4)25-27-20-11-15(2)16(3)12-23(20)31-25/h6-14H,5H2,1-4H3,(H,26,28). The van der Waals surface area contributed by atoms with Gasteiger partial charge in [0.25, 0.3) is 5.91 Å². The third kappa shape index (κ3) is 4.23. The van der Waals surface area contributed by atoms with Crippen LogP contribution in [0.3, 0.4) is 0 Å². The number of oxazole rings is 1. The summed E-state index contributed by atoms with van der Waals surface area (Å²) in [4.78, 5) is 17.5. The van der Waals surface area contributed by atoms with Gasteiger partial charge in [0.1, 0.15) is 17.0 Å². The number of nitrogens with zero attached hydrogens (tertiary/aromatic N) is 1. The van der Waals surface area contributed by atoms with Crippen LogP contribution in [0.25, 0.3) is 22.6 Å². The van der Waals surface area contributed by atoms with Crippen LogP contribution >= 0.6 is 0 Å². The van der Waals surface area contributed by atoms with E-state index in [9.17, 15) is 4.79 Å². The zero-order valence-electron chi connectivity index (χ0n) is 18.0. The smallest absolute Gasteiger partial charge is 0.255 e. The van der Waals surface area contributed by atoms with Crippen LogP contribution < -0.4 is 14.8 Å². The molecule has 158 valence electrons. The Morgan fingerprint density at radius 3 is 2.65 bits per heavy atom. The molecule has 0 spiro atoms. The molecule has 0 saturated heterocycles. The number of amides is 1. The van der Waals surface area contributed by atoms with Gasteiger partial charge in [0.2, 0.25) is 5.89 Å². The fourth-order valence-corrected chi connectivity index (χ4v) is 3.33. The SMILES string of the molecule is CCOc1cccc(C(=O)Nc2cc(-c3nc4cc(C)c(C)cc4o3)ccc2OC)c1. The summed E-state index contributed by atoms with van der Waals surface area (Å²) < 4.78 is 16.9. The van der Waals surface area contributed by atoms with Crippen molar-refractivity contribution in [2.24, 2.45) is 0 Å². The molecule has 6 heteroatoms. The second-order valence-corrected chi connectivity index (χ2v) is 7.25. The number of ether oxygens (including phenoxy) is 2. The number of carbonyl (C=O) groups is 1. The van der Waals surface area contributed by atoms with Crippen molar-refractivity contribution in [3.05, 3.63) is 71.3 Å². The zero-order chi connectivity index (χ0) is 22.0. The van der Waals surface area contributed by atoms with Gasteiger partial charge in [0.05, 0.1) is 19.4 Å². The molecule has 0 unspecified atom stereocenters. The number of hydrogen-bond acceptors (Lipinski definition) is 5. The van der Waals surface area contributed by atoms with E-state index in [1.54, 1.807) is 37.4 Å². The maximum absolute atomic E-state index is 12.8. The lowest BCUT2D eigenvalue weighted by molar-refractivity contribution is 0.102. The van der Waals surface area contributed by atoms with Crippen LogP contribution in [-0.4, -0.2) is 24.6 Å². The number of carbonyl (C=O) groups excluding carboxylic acids is 1. The highest BCUT2D eigenvalue weighted by atomic mass is 16.5. The Kier molecular flexibility index (Phi) is 5.62. The first-order valence-corrected chi connectivity index (χ1v) is 10.1.